The van der Waals surface area contributed by atoms with E-state index in [1.165, 1.54) is 11.1 Å². The molecule has 104 valence electrons. The fourth-order valence-electron chi connectivity index (χ4n) is 1.56. The van der Waals surface area contributed by atoms with Crippen molar-refractivity contribution < 1.29 is 17.5 Å². The van der Waals surface area contributed by atoms with Crippen molar-refractivity contribution in [2.45, 2.75) is 13.3 Å². The minimum atomic E-state index is -4.67. The number of benzene rings is 1. The minimum absolute atomic E-state index is 0.846. The zero-order valence-electron chi connectivity index (χ0n) is 10.3. The normalized spacial score (nSPS) is 14.2. The second-order valence-electron chi connectivity index (χ2n) is 3.58. The summed E-state index contributed by atoms with van der Waals surface area (Å²) in [5.74, 6) is 0.880. The van der Waals surface area contributed by atoms with Gasteiger partial charge in [0.2, 0.25) is 0 Å². The summed E-state index contributed by atoms with van der Waals surface area (Å²) in [5.41, 5.74) is 5.46. The first kappa shape index (κ1) is 15.3. The number of nitrogens with zero attached hydrogens (tertiary/aromatic N) is 2. The van der Waals surface area contributed by atoms with Crippen molar-refractivity contribution in [1.82, 2.24) is 5.43 Å². The summed E-state index contributed by atoms with van der Waals surface area (Å²) < 4.78 is 31.6. The minimum Gasteiger partial charge on any atom is -0.266 e. The van der Waals surface area contributed by atoms with Gasteiger partial charge in [0, 0.05) is 18.3 Å². The molecule has 0 radical (unpaired) electrons. The van der Waals surface area contributed by atoms with E-state index in [0.717, 1.165) is 18.8 Å². The van der Waals surface area contributed by atoms with Gasteiger partial charge in [-0.1, -0.05) is 24.3 Å². The fourth-order valence-corrected chi connectivity index (χ4v) is 1.56. The Morgan fingerprint density at radius 2 is 2.00 bits per heavy atom. The summed E-state index contributed by atoms with van der Waals surface area (Å²) in [6.45, 7) is 2.72. The molecule has 7 nitrogen and oxygen atoms in total. The van der Waals surface area contributed by atoms with Crippen LogP contribution >= 0.6 is 0 Å². The number of rotatable bonds is 1. The Kier molecular flexibility index (Phi) is 5.61. The monoisotopic (exact) mass is 285 g/mol. The van der Waals surface area contributed by atoms with Crippen LogP contribution in [-0.2, 0) is 16.8 Å². The molecule has 0 saturated carbocycles. The van der Waals surface area contributed by atoms with E-state index in [2.05, 4.69) is 33.7 Å². The Morgan fingerprint density at radius 3 is 2.63 bits per heavy atom. The third kappa shape index (κ3) is 6.09. The molecular formula is C11H15N3O4S. The second kappa shape index (κ2) is 6.98. The van der Waals surface area contributed by atoms with Crippen LogP contribution in [0.2, 0.25) is 0 Å². The highest BCUT2D eigenvalue weighted by molar-refractivity contribution is 7.79. The van der Waals surface area contributed by atoms with Gasteiger partial charge in [0.1, 0.15) is 5.84 Å². The molecule has 8 heteroatoms. The van der Waals surface area contributed by atoms with E-state index in [1.807, 2.05) is 13.0 Å². The number of aliphatic imine (C=N–C) groups is 1. The average molecular weight is 285 g/mol. The first-order chi connectivity index (χ1) is 8.92. The predicted molar refractivity (Wildman–Crippen MR) is 73.0 cm³/mol. The summed E-state index contributed by atoms with van der Waals surface area (Å²) in [7, 11) is -4.67. The van der Waals surface area contributed by atoms with Crippen LogP contribution in [-0.4, -0.2) is 36.1 Å². The smallest absolute Gasteiger partial charge is 0.266 e. The van der Waals surface area contributed by atoms with E-state index in [0.29, 0.717) is 0 Å². The van der Waals surface area contributed by atoms with Crippen molar-refractivity contribution in [3.63, 3.8) is 0 Å². The van der Waals surface area contributed by atoms with Crippen LogP contribution in [0, 0.1) is 0 Å². The Hall–Kier alpha value is -1.77. The fraction of sp³-hybridized carbons (Fsp3) is 0.273. The quantitative estimate of drug-likeness (QED) is 0.404. The molecule has 0 amide bonds. The lowest BCUT2D eigenvalue weighted by Crippen LogP contribution is -2.24. The van der Waals surface area contributed by atoms with Gasteiger partial charge in [-0.2, -0.15) is 13.5 Å². The maximum absolute atomic E-state index is 8.74. The highest BCUT2D eigenvalue weighted by Gasteiger charge is 2.11. The Labute approximate surface area is 111 Å². The Bertz CT molecular complexity index is 573. The van der Waals surface area contributed by atoms with Gasteiger partial charge in [-0.25, -0.2) is 0 Å². The number of hydrogen-bond donors (Lipinski definition) is 3. The molecule has 0 atom stereocenters. The molecule has 0 aliphatic carbocycles. The highest BCUT2D eigenvalue weighted by atomic mass is 32.3. The molecule has 0 bridgehead atoms. The van der Waals surface area contributed by atoms with Gasteiger partial charge in [-0.15, -0.1) is 0 Å². The number of amidine groups is 1. The number of hydrogen-bond acceptors (Lipinski definition) is 5. The van der Waals surface area contributed by atoms with Crippen LogP contribution in [0.5, 0.6) is 0 Å². The lowest BCUT2D eigenvalue weighted by atomic mass is 10.0. The van der Waals surface area contributed by atoms with Gasteiger partial charge in [0.15, 0.2) is 0 Å². The molecule has 1 aromatic carbocycles. The van der Waals surface area contributed by atoms with Gasteiger partial charge in [-0.05, 0) is 18.9 Å². The van der Waals surface area contributed by atoms with E-state index < -0.39 is 10.4 Å². The van der Waals surface area contributed by atoms with E-state index >= 15 is 0 Å². The molecule has 1 aliphatic heterocycles. The van der Waals surface area contributed by atoms with Gasteiger partial charge in [0.05, 0.1) is 0 Å². The molecule has 2 rings (SSSR count). The van der Waals surface area contributed by atoms with Crippen LogP contribution < -0.4 is 5.43 Å². The van der Waals surface area contributed by atoms with Crippen molar-refractivity contribution >= 4 is 22.4 Å². The molecule has 1 aromatic rings. The molecule has 1 heterocycles. The van der Waals surface area contributed by atoms with E-state index in [1.54, 1.807) is 6.21 Å². The van der Waals surface area contributed by atoms with Gasteiger partial charge < -0.3 is 0 Å². The van der Waals surface area contributed by atoms with Crippen LogP contribution in [0.15, 0.2) is 34.4 Å². The number of fused-ring (bicyclic) bond motifs is 1. The summed E-state index contributed by atoms with van der Waals surface area (Å²) in [4.78, 5) is 4.40. The van der Waals surface area contributed by atoms with Crippen molar-refractivity contribution in [2.75, 3.05) is 6.54 Å². The predicted octanol–water partition coefficient (Wildman–Crippen LogP) is 0.932. The van der Waals surface area contributed by atoms with E-state index in [4.69, 9.17) is 17.5 Å². The first-order valence-electron chi connectivity index (χ1n) is 5.48. The lowest BCUT2D eigenvalue weighted by molar-refractivity contribution is 0.381. The Balaban J connectivity index is 0.000000312. The van der Waals surface area contributed by atoms with Crippen LogP contribution in [0.4, 0.5) is 0 Å². The molecule has 0 saturated heterocycles. The first-order valence-corrected chi connectivity index (χ1v) is 6.88. The van der Waals surface area contributed by atoms with Gasteiger partial charge in [-0.3, -0.25) is 19.5 Å². The zero-order valence-corrected chi connectivity index (χ0v) is 11.1. The second-order valence-corrected chi connectivity index (χ2v) is 4.48. The topological polar surface area (TPSA) is 111 Å². The third-order valence-corrected chi connectivity index (χ3v) is 2.22. The van der Waals surface area contributed by atoms with E-state index in [9.17, 15) is 0 Å². The average Bonchev–Trinajstić information content (AvgIpc) is 2.34. The summed E-state index contributed by atoms with van der Waals surface area (Å²) in [6.07, 6.45) is 2.75. The maximum atomic E-state index is 8.74. The largest absolute Gasteiger partial charge is 0.394 e. The molecule has 19 heavy (non-hydrogen) atoms. The van der Waals surface area contributed by atoms with Crippen molar-refractivity contribution in [2.24, 2.45) is 10.1 Å². The van der Waals surface area contributed by atoms with E-state index in [-0.39, 0.29) is 0 Å². The molecular weight excluding hydrogens is 270 g/mol. The molecule has 1 aliphatic rings. The highest BCUT2D eigenvalue weighted by Crippen LogP contribution is 2.14. The number of nitrogens with one attached hydrogen (secondary N) is 1. The van der Waals surface area contributed by atoms with Gasteiger partial charge >= 0.3 is 10.4 Å². The summed E-state index contributed by atoms with van der Waals surface area (Å²) >= 11 is 0. The number of hydrazone groups is 1. The maximum Gasteiger partial charge on any atom is 0.394 e. The van der Waals surface area contributed by atoms with Crippen molar-refractivity contribution in [1.29, 1.82) is 0 Å². The molecule has 0 unspecified atom stereocenters. The third-order valence-electron chi connectivity index (χ3n) is 2.22. The van der Waals surface area contributed by atoms with Crippen LogP contribution in [0.3, 0.4) is 0 Å². The van der Waals surface area contributed by atoms with Crippen molar-refractivity contribution in [3.8, 4) is 0 Å². The Morgan fingerprint density at radius 1 is 1.37 bits per heavy atom. The lowest BCUT2D eigenvalue weighted by Gasteiger charge is -2.15. The van der Waals surface area contributed by atoms with Gasteiger partial charge in [0.25, 0.3) is 0 Å². The molecule has 3 N–H and O–H groups in total. The SMILES string of the molecule is C/C=N/NC1=NCCc2ccccc21.O=S(=O)(O)O. The molecule has 0 fully saturated rings. The van der Waals surface area contributed by atoms with Crippen LogP contribution in [0.25, 0.3) is 0 Å². The molecule has 0 aromatic heterocycles. The standard InChI is InChI=1S/C11H13N3.H2O4S/c1-2-13-14-11-10-6-4-3-5-9(10)7-8-12-11;1-5(2,3)4/h2-6H,7-8H2,1H3,(H,12,14);(H2,1,2,3,4)/b13-2+;. The summed E-state index contributed by atoms with van der Waals surface area (Å²) in [6, 6.07) is 8.30. The zero-order chi connectivity index (χ0) is 14.3. The van der Waals surface area contributed by atoms with Crippen LogP contribution in [0.1, 0.15) is 18.1 Å². The summed E-state index contributed by atoms with van der Waals surface area (Å²) in [5, 5.41) is 3.99. The van der Waals surface area contributed by atoms with Crippen molar-refractivity contribution in [3.05, 3.63) is 35.4 Å². The molecule has 0 spiro atoms.